The maximum atomic E-state index is 12.3. The van der Waals surface area contributed by atoms with E-state index < -0.39 is 6.04 Å². The Morgan fingerprint density at radius 1 is 1.14 bits per heavy atom. The molecule has 0 radical (unpaired) electrons. The zero-order valence-electron chi connectivity index (χ0n) is 16.5. The summed E-state index contributed by atoms with van der Waals surface area (Å²) in [6.07, 6.45) is 0. The molecule has 1 heterocycles. The van der Waals surface area contributed by atoms with E-state index in [9.17, 15) is 9.59 Å². The lowest BCUT2D eigenvalue weighted by atomic mass is 9.92. The molecule has 1 aliphatic heterocycles. The summed E-state index contributed by atoms with van der Waals surface area (Å²) in [5.74, 6) is 1.05. The molecule has 1 N–H and O–H groups in total. The van der Waals surface area contributed by atoms with E-state index in [1.165, 1.54) is 11.8 Å². The Labute approximate surface area is 164 Å². The predicted octanol–water partition coefficient (Wildman–Crippen LogP) is 3.83. The van der Waals surface area contributed by atoms with Crippen molar-refractivity contribution in [2.24, 2.45) is 0 Å². The number of ether oxygens (including phenoxy) is 2. The standard InChI is InChI=1S/C22H24N2O4/c1-14-20(15(2)25)21(23-22(26)24(14)3)17-10-11-18(19(12-17)27-4)28-13-16-8-6-5-7-9-16/h5-12,21H,13H2,1-4H3,(H,23,26)/t21-/m1/s1. The summed E-state index contributed by atoms with van der Waals surface area (Å²) in [5.41, 5.74) is 3.01. The van der Waals surface area contributed by atoms with Crippen LogP contribution < -0.4 is 14.8 Å². The van der Waals surface area contributed by atoms with Crippen molar-refractivity contribution < 1.29 is 19.1 Å². The summed E-state index contributed by atoms with van der Waals surface area (Å²) in [6.45, 7) is 3.70. The van der Waals surface area contributed by atoms with E-state index in [-0.39, 0.29) is 11.8 Å². The molecule has 0 unspecified atom stereocenters. The first-order chi connectivity index (χ1) is 13.4. The fourth-order valence-corrected chi connectivity index (χ4v) is 3.26. The minimum absolute atomic E-state index is 0.0854. The fourth-order valence-electron chi connectivity index (χ4n) is 3.26. The minimum Gasteiger partial charge on any atom is -0.493 e. The summed E-state index contributed by atoms with van der Waals surface area (Å²) >= 11 is 0. The number of carbonyl (C=O) groups excluding carboxylic acids is 2. The first kappa shape index (κ1) is 19.5. The Morgan fingerprint density at radius 2 is 1.86 bits per heavy atom. The Balaban J connectivity index is 1.90. The molecule has 2 aromatic rings. The number of hydrogen-bond acceptors (Lipinski definition) is 4. The van der Waals surface area contributed by atoms with Gasteiger partial charge in [0, 0.05) is 18.3 Å². The summed E-state index contributed by atoms with van der Waals surface area (Å²) in [7, 11) is 3.21. The van der Waals surface area contributed by atoms with E-state index in [0.29, 0.717) is 29.4 Å². The molecule has 146 valence electrons. The third kappa shape index (κ3) is 3.86. The average molecular weight is 380 g/mol. The van der Waals surface area contributed by atoms with Crippen molar-refractivity contribution in [2.75, 3.05) is 14.2 Å². The number of rotatable bonds is 6. The van der Waals surface area contributed by atoms with E-state index in [4.69, 9.17) is 9.47 Å². The number of methoxy groups -OCH3 is 1. The minimum atomic E-state index is -0.529. The SMILES string of the molecule is COc1cc([C@H]2NC(=O)N(C)C(C)=C2C(C)=O)ccc1OCc1ccccc1. The number of urea groups is 1. The quantitative estimate of drug-likeness (QED) is 0.827. The third-order valence-electron chi connectivity index (χ3n) is 4.89. The van der Waals surface area contributed by atoms with Crippen molar-refractivity contribution in [3.05, 3.63) is 70.9 Å². The summed E-state index contributed by atoms with van der Waals surface area (Å²) in [5, 5.41) is 2.88. The molecule has 28 heavy (non-hydrogen) atoms. The Bertz CT molecular complexity index is 921. The van der Waals surface area contributed by atoms with E-state index in [1.807, 2.05) is 36.4 Å². The molecule has 1 atom stereocenters. The molecule has 0 aromatic heterocycles. The Kier molecular flexibility index (Phi) is 5.68. The molecule has 3 rings (SSSR count). The van der Waals surface area contributed by atoms with Crippen LogP contribution in [-0.2, 0) is 11.4 Å². The molecule has 6 heteroatoms. The van der Waals surface area contributed by atoms with Gasteiger partial charge in [-0.05, 0) is 37.1 Å². The number of Topliss-reactive ketones (excluding diaryl/α,β-unsaturated/α-hetero) is 1. The van der Waals surface area contributed by atoms with Gasteiger partial charge in [-0.25, -0.2) is 4.79 Å². The van der Waals surface area contributed by atoms with Gasteiger partial charge in [0.1, 0.15) is 6.61 Å². The van der Waals surface area contributed by atoms with E-state index in [2.05, 4.69) is 5.32 Å². The molecule has 0 saturated heterocycles. The van der Waals surface area contributed by atoms with Crippen LogP contribution in [0.5, 0.6) is 11.5 Å². The average Bonchev–Trinajstić information content (AvgIpc) is 2.70. The van der Waals surface area contributed by atoms with Gasteiger partial charge in [0.2, 0.25) is 0 Å². The second-order valence-electron chi connectivity index (χ2n) is 6.68. The first-order valence-electron chi connectivity index (χ1n) is 9.03. The van der Waals surface area contributed by atoms with Gasteiger partial charge in [-0.3, -0.25) is 4.79 Å². The van der Waals surface area contributed by atoms with Crippen molar-refractivity contribution in [1.29, 1.82) is 0 Å². The molecule has 0 spiro atoms. The van der Waals surface area contributed by atoms with Crippen LogP contribution in [0.15, 0.2) is 59.8 Å². The van der Waals surface area contributed by atoms with Crippen LogP contribution in [0.25, 0.3) is 0 Å². The number of nitrogens with zero attached hydrogens (tertiary/aromatic N) is 1. The highest BCUT2D eigenvalue weighted by Gasteiger charge is 2.32. The van der Waals surface area contributed by atoms with Crippen molar-refractivity contribution in [3.8, 4) is 11.5 Å². The topological polar surface area (TPSA) is 67.9 Å². The number of amides is 2. The number of allylic oxidation sites excluding steroid dienone is 1. The van der Waals surface area contributed by atoms with Crippen LogP contribution >= 0.6 is 0 Å². The molecule has 6 nitrogen and oxygen atoms in total. The summed E-state index contributed by atoms with van der Waals surface area (Å²) < 4.78 is 11.4. The molecule has 1 aliphatic rings. The predicted molar refractivity (Wildman–Crippen MR) is 106 cm³/mol. The van der Waals surface area contributed by atoms with Crippen LogP contribution in [0.3, 0.4) is 0 Å². The van der Waals surface area contributed by atoms with Crippen LogP contribution in [0.2, 0.25) is 0 Å². The van der Waals surface area contributed by atoms with Crippen molar-refractivity contribution >= 4 is 11.8 Å². The largest absolute Gasteiger partial charge is 0.493 e. The van der Waals surface area contributed by atoms with Gasteiger partial charge in [-0.2, -0.15) is 0 Å². The Morgan fingerprint density at radius 3 is 2.50 bits per heavy atom. The van der Waals surface area contributed by atoms with Crippen molar-refractivity contribution in [3.63, 3.8) is 0 Å². The van der Waals surface area contributed by atoms with Gasteiger partial charge < -0.3 is 19.7 Å². The highest BCUT2D eigenvalue weighted by atomic mass is 16.5. The van der Waals surface area contributed by atoms with E-state index >= 15 is 0 Å². The number of nitrogens with one attached hydrogen (secondary N) is 1. The second kappa shape index (κ2) is 8.17. The van der Waals surface area contributed by atoms with E-state index in [1.54, 1.807) is 33.2 Å². The van der Waals surface area contributed by atoms with Crippen molar-refractivity contribution in [2.45, 2.75) is 26.5 Å². The van der Waals surface area contributed by atoms with Crippen molar-refractivity contribution in [1.82, 2.24) is 10.2 Å². The van der Waals surface area contributed by atoms with Gasteiger partial charge in [0.05, 0.1) is 13.2 Å². The van der Waals surface area contributed by atoms with Crippen LogP contribution in [0.1, 0.15) is 31.0 Å². The number of hydrogen-bond donors (Lipinski definition) is 1. The van der Waals surface area contributed by atoms with Gasteiger partial charge in [0.25, 0.3) is 0 Å². The van der Waals surface area contributed by atoms with Crippen LogP contribution in [-0.4, -0.2) is 30.9 Å². The van der Waals surface area contributed by atoms with Crippen LogP contribution in [0.4, 0.5) is 4.79 Å². The van der Waals surface area contributed by atoms with Gasteiger partial charge >= 0.3 is 6.03 Å². The molecule has 0 saturated carbocycles. The van der Waals surface area contributed by atoms with Gasteiger partial charge in [-0.15, -0.1) is 0 Å². The monoisotopic (exact) mass is 380 g/mol. The molecule has 2 aromatic carbocycles. The molecule has 0 fully saturated rings. The van der Waals surface area contributed by atoms with E-state index in [0.717, 1.165) is 11.1 Å². The number of carbonyl (C=O) groups is 2. The molecular weight excluding hydrogens is 356 g/mol. The first-order valence-corrected chi connectivity index (χ1v) is 9.03. The van der Waals surface area contributed by atoms with Gasteiger partial charge in [0.15, 0.2) is 17.3 Å². The highest BCUT2D eigenvalue weighted by Crippen LogP contribution is 2.36. The lowest BCUT2D eigenvalue weighted by Crippen LogP contribution is -2.45. The number of benzene rings is 2. The maximum Gasteiger partial charge on any atom is 0.322 e. The molecule has 2 amide bonds. The third-order valence-corrected chi connectivity index (χ3v) is 4.89. The smallest absolute Gasteiger partial charge is 0.322 e. The molecule has 0 aliphatic carbocycles. The second-order valence-corrected chi connectivity index (χ2v) is 6.68. The lowest BCUT2D eigenvalue weighted by molar-refractivity contribution is -0.114. The fraction of sp³-hybridized carbons (Fsp3) is 0.273. The zero-order valence-corrected chi connectivity index (χ0v) is 16.5. The normalized spacial score (nSPS) is 16.6. The van der Waals surface area contributed by atoms with Crippen LogP contribution in [0, 0.1) is 0 Å². The summed E-state index contributed by atoms with van der Waals surface area (Å²) in [6, 6.07) is 14.5. The summed E-state index contributed by atoms with van der Waals surface area (Å²) in [4.78, 5) is 25.9. The Hall–Kier alpha value is -3.28. The molecular formula is C22H24N2O4. The number of ketones is 1. The zero-order chi connectivity index (χ0) is 20.3. The maximum absolute atomic E-state index is 12.3. The lowest BCUT2D eigenvalue weighted by Gasteiger charge is -2.33. The highest BCUT2D eigenvalue weighted by molar-refractivity contribution is 5.98. The van der Waals surface area contributed by atoms with Gasteiger partial charge in [-0.1, -0.05) is 36.4 Å². The molecule has 0 bridgehead atoms.